The van der Waals surface area contributed by atoms with E-state index >= 15 is 0 Å². The number of aliphatic hydroxyl groups is 1. The quantitative estimate of drug-likeness (QED) is 0.908. The van der Waals surface area contributed by atoms with E-state index in [4.69, 9.17) is 9.52 Å². The molecule has 102 valence electrons. The van der Waals surface area contributed by atoms with Gasteiger partial charge in [-0.2, -0.15) is 16.1 Å². The van der Waals surface area contributed by atoms with Crippen LogP contribution in [0, 0.1) is 0 Å². The molecule has 1 aromatic heterocycles. The van der Waals surface area contributed by atoms with Crippen molar-refractivity contribution in [2.24, 2.45) is 0 Å². The minimum Gasteiger partial charge on any atom is -0.446 e. The minimum absolute atomic E-state index is 0.0856. The third-order valence-corrected chi connectivity index (χ3v) is 5.79. The van der Waals surface area contributed by atoms with E-state index in [0.29, 0.717) is 13.1 Å². The summed E-state index contributed by atoms with van der Waals surface area (Å²) >= 11 is 1.77. The Bertz CT molecular complexity index is 521. The van der Waals surface area contributed by atoms with Gasteiger partial charge in [0.25, 0.3) is 10.0 Å². The van der Waals surface area contributed by atoms with E-state index in [1.54, 1.807) is 11.8 Å². The first kappa shape index (κ1) is 13.9. The van der Waals surface area contributed by atoms with Gasteiger partial charge in [0.2, 0.25) is 5.09 Å². The van der Waals surface area contributed by atoms with Crippen LogP contribution in [0.2, 0.25) is 0 Å². The Morgan fingerprint density at radius 1 is 1.50 bits per heavy atom. The van der Waals surface area contributed by atoms with Crippen LogP contribution < -0.4 is 0 Å². The van der Waals surface area contributed by atoms with Gasteiger partial charge in [-0.1, -0.05) is 0 Å². The van der Waals surface area contributed by atoms with Gasteiger partial charge in [0, 0.05) is 23.6 Å². The highest BCUT2D eigenvalue weighted by Gasteiger charge is 2.36. The Kier molecular flexibility index (Phi) is 3.77. The van der Waals surface area contributed by atoms with Gasteiger partial charge in [0.1, 0.15) is 12.4 Å². The van der Waals surface area contributed by atoms with Crippen LogP contribution in [0.5, 0.6) is 0 Å². The van der Waals surface area contributed by atoms with Crippen molar-refractivity contribution in [1.29, 1.82) is 0 Å². The number of sulfonamides is 1. The maximum Gasteiger partial charge on any atom is 0.276 e. The van der Waals surface area contributed by atoms with Crippen LogP contribution in [0.25, 0.3) is 0 Å². The van der Waals surface area contributed by atoms with Crippen LogP contribution in [0.1, 0.15) is 19.6 Å². The Hall–Kier alpha value is -0.500. The van der Waals surface area contributed by atoms with Crippen LogP contribution in [0.15, 0.2) is 21.6 Å². The van der Waals surface area contributed by atoms with Gasteiger partial charge in [0.05, 0.1) is 0 Å². The van der Waals surface area contributed by atoms with Crippen LogP contribution in [0.4, 0.5) is 0 Å². The summed E-state index contributed by atoms with van der Waals surface area (Å²) in [7, 11) is -3.58. The summed E-state index contributed by atoms with van der Waals surface area (Å²) in [6.45, 7) is 4.72. The second-order valence-corrected chi connectivity index (χ2v) is 8.50. The number of nitrogens with zero attached hydrogens (tertiary/aromatic N) is 1. The Morgan fingerprint density at radius 2 is 2.22 bits per heavy atom. The molecule has 2 rings (SSSR count). The average molecular weight is 291 g/mol. The summed E-state index contributed by atoms with van der Waals surface area (Å²) in [6, 6.07) is 2.88. The van der Waals surface area contributed by atoms with Crippen molar-refractivity contribution in [1.82, 2.24) is 4.31 Å². The zero-order valence-electron chi connectivity index (χ0n) is 10.4. The number of rotatable bonds is 3. The van der Waals surface area contributed by atoms with Crippen molar-refractivity contribution in [3.8, 4) is 0 Å². The van der Waals surface area contributed by atoms with Crippen LogP contribution in [-0.2, 0) is 16.6 Å². The summed E-state index contributed by atoms with van der Waals surface area (Å²) in [4.78, 5) is 0. The predicted molar refractivity (Wildman–Crippen MR) is 69.9 cm³/mol. The number of hydrogen-bond donors (Lipinski definition) is 1. The van der Waals surface area contributed by atoms with Crippen molar-refractivity contribution < 1.29 is 17.9 Å². The van der Waals surface area contributed by atoms with Gasteiger partial charge in [-0.25, -0.2) is 8.42 Å². The molecule has 18 heavy (non-hydrogen) atoms. The van der Waals surface area contributed by atoms with Gasteiger partial charge >= 0.3 is 0 Å². The summed E-state index contributed by atoms with van der Waals surface area (Å²) in [5.41, 5.74) is 0. The van der Waals surface area contributed by atoms with Crippen LogP contribution >= 0.6 is 11.8 Å². The molecule has 1 saturated heterocycles. The van der Waals surface area contributed by atoms with Crippen LogP contribution in [0.3, 0.4) is 0 Å². The molecule has 0 atom stereocenters. The lowest BCUT2D eigenvalue weighted by Crippen LogP contribution is -2.45. The Morgan fingerprint density at radius 3 is 2.78 bits per heavy atom. The third-order valence-electron chi connectivity index (χ3n) is 2.78. The van der Waals surface area contributed by atoms with E-state index in [1.807, 2.05) is 13.8 Å². The molecule has 1 aromatic rings. The zero-order chi connectivity index (χ0) is 13.4. The first-order chi connectivity index (χ1) is 8.35. The highest BCUT2D eigenvalue weighted by Crippen LogP contribution is 2.32. The van der Waals surface area contributed by atoms with Gasteiger partial charge < -0.3 is 9.52 Å². The summed E-state index contributed by atoms with van der Waals surface area (Å²) in [5, 5.41) is 8.82. The smallest absolute Gasteiger partial charge is 0.276 e. The standard InChI is InChI=1S/C11H17NO4S2/c1-11(2)8-12(5-6-17-11)18(14,15)10-4-3-9(7-13)16-10/h3-4,13H,5-8H2,1-2H3. The second-order valence-electron chi connectivity index (χ2n) is 4.83. The molecule has 5 nitrogen and oxygen atoms in total. The zero-order valence-corrected chi connectivity index (χ0v) is 12.1. The first-order valence-corrected chi connectivity index (χ1v) is 8.11. The lowest BCUT2D eigenvalue weighted by atomic mass is 10.2. The molecule has 0 amide bonds. The number of hydrogen-bond acceptors (Lipinski definition) is 5. The average Bonchev–Trinajstić information content (AvgIpc) is 2.76. The molecule has 0 saturated carbocycles. The van der Waals surface area contributed by atoms with Crippen molar-refractivity contribution in [2.75, 3.05) is 18.8 Å². The van der Waals surface area contributed by atoms with Gasteiger partial charge in [0.15, 0.2) is 0 Å². The number of aliphatic hydroxyl groups excluding tert-OH is 1. The number of furan rings is 1. The van der Waals surface area contributed by atoms with E-state index in [-0.39, 0.29) is 22.2 Å². The third kappa shape index (κ3) is 2.74. The summed E-state index contributed by atoms with van der Waals surface area (Å²) in [6.07, 6.45) is 0. The Labute approximate surface area is 111 Å². The first-order valence-electron chi connectivity index (χ1n) is 5.69. The normalized spacial score (nSPS) is 21.1. The largest absolute Gasteiger partial charge is 0.446 e. The maximum absolute atomic E-state index is 12.3. The van der Waals surface area contributed by atoms with Crippen LogP contribution in [-0.4, -0.2) is 41.4 Å². The lowest BCUT2D eigenvalue weighted by Gasteiger charge is -2.36. The molecule has 1 fully saturated rings. The summed E-state index contributed by atoms with van der Waals surface area (Å²) in [5.74, 6) is 1.04. The lowest BCUT2D eigenvalue weighted by molar-refractivity contribution is 0.234. The fourth-order valence-corrected chi connectivity index (χ4v) is 4.73. The molecule has 2 heterocycles. The highest BCUT2D eigenvalue weighted by atomic mass is 32.2. The van der Waals surface area contributed by atoms with Gasteiger partial charge in [-0.3, -0.25) is 0 Å². The van der Waals surface area contributed by atoms with Crippen molar-refractivity contribution in [2.45, 2.75) is 30.3 Å². The van der Waals surface area contributed by atoms with Gasteiger partial charge in [-0.15, -0.1) is 0 Å². The SMILES string of the molecule is CC1(C)CN(S(=O)(=O)c2ccc(CO)o2)CCS1. The highest BCUT2D eigenvalue weighted by molar-refractivity contribution is 8.00. The molecule has 0 unspecified atom stereocenters. The van der Waals surface area contributed by atoms with E-state index in [2.05, 4.69) is 0 Å². The molecule has 0 aromatic carbocycles. The molecule has 0 radical (unpaired) electrons. The molecule has 1 N–H and O–H groups in total. The fraction of sp³-hybridized carbons (Fsp3) is 0.636. The Balaban J connectivity index is 2.25. The van der Waals surface area contributed by atoms with Gasteiger partial charge in [-0.05, 0) is 26.0 Å². The van der Waals surface area contributed by atoms with E-state index in [0.717, 1.165) is 5.75 Å². The maximum atomic E-state index is 12.3. The molecule has 0 spiro atoms. The van der Waals surface area contributed by atoms with E-state index in [9.17, 15) is 8.42 Å². The van der Waals surface area contributed by atoms with Crippen molar-refractivity contribution >= 4 is 21.8 Å². The molecular weight excluding hydrogens is 274 g/mol. The van der Waals surface area contributed by atoms with E-state index < -0.39 is 10.0 Å². The molecule has 7 heteroatoms. The molecule has 0 bridgehead atoms. The van der Waals surface area contributed by atoms with Crippen molar-refractivity contribution in [3.05, 3.63) is 17.9 Å². The molecule has 1 aliphatic rings. The molecule has 0 aliphatic carbocycles. The summed E-state index contributed by atoms with van der Waals surface area (Å²) < 4.78 is 31.2. The van der Waals surface area contributed by atoms with E-state index in [1.165, 1.54) is 16.4 Å². The number of thioether (sulfide) groups is 1. The second kappa shape index (κ2) is 4.88. The molecule has 1 aliphatic heterocycles. The predicted octanol–water partition coefficient (Wildman–Crippen LogP) is 1.29. The molecular formula is C11H17NO4S2. The topological polar surface area (TPSA) is 70.8 Å². The monoisotopic (exact) mass is 291 g/mol. The van der Waals surface area contributed by atoms with Crippen molar-refractivity contribution in [3.63, 3.8) is 0 Å². The fourth-order valence-electron chi connectivity index (χ4n) is 1.89. The minimum atomic E-state index is -3.58.